The highest BCUT2D eigenvalue weighted by Crippen LogP contribution is 2.38. The van der Waals surface area contributed by atoms with E-state index in [0.29, 0.717) is 17.4 Å². The van der Waals surface area contributed by atoms with Gasteiger partial charge >= 0.3 is 5.97 Å². The Hall–Kier alpha value is -2.81. The highest BCUT2D eigenvalue weighted by Gasteiger charge is 2.27. The van der Waals surface area contributed by atoms with Gasteiger partial charge in [0.15, 0.2) is 0 Å². The maximum atomic E-state index is 13.5. The van der Waals surface area contributed by atoms with E-state index in [4.69, 9.17) is 13.8 Å². The number of likely N-dealkylation sites (N-methyl/N-ethyl adjacent to an activating group) is 1. The molecule has 0 bridgehead atoms. The number of hydrogen-bond acceptors (Lipinski definition) is 7. The number of quaternary nitrogens is 1. The number of allylic oxidation sites excluding steroid dienone is 13. The zero-order valence-corrected chi connectivity index (χ0v) is 54.6. The molecule has 0 aromatic rings. The van der Waals surface area contributed by atoms with Crippen LogP contribution in [0.15, 0.2) is 85.1 Å². The lowest BCUT2D eigenvalue weighted by molar-refractivity contribution is -0.870. The van der Waals surface area contributed by atoms with Crippen molar-refractivity contribution in [1.82, 2.24) is 5.32 Å². The fourth-order valence-electron chi connectivity index (χ4n) is 9.60. The Kier molecular flexibility index (Phi) is 58.2. The van der Waals surface area contributed by atoms with Crippen molar-refractivity contribution in [1.29, 1.82) is 0 Å². The van der Waals surface area contributed by atoms with Crippen LogP contribution in [0.3, 0.4) is 0 Å². The highest BCUT2D eigenvalue weighted by molar-refractivity contribution is 7.45. The molecular formula is C71H129N2O7P. The summed E-state index contributed by atoms with van der Waals surface area (Å²) in [4.78, 5) is 40.1. The number of carbonyl (C=O) groups excluding carboxylic acids is 2. The number of phosphoric ester groups is 1. The molecule has 0 aliphatic carbocycles. The minimum atomic E-state index is -4.71. The zero-order valence-electron chi connectivity index (χ0n) is 53.7. The Morgan fingerprint density at radius 3 is 1.22 bits per heavy atom. The first-order valence-electron chi connectivity index (χ1n) is 33.9. The first kappa shape index (κ1) is 78.2. The number of amides is 1. The van der Waals surface area contributed by atoms with Crippen LogP contribution in [0.4, 0.5) is 0 Å². The lowest BCUT2D eigenvalue weighted by Crippen LogP contribution is -2.47. The molecule has 0 saturated carbocycles. The van der Waals surface area contributed by atoms with Gasteiger partial charge in [-0.2, -0.15) is 0 Å². The second-order valence-corrected chi connectivity index (χ2v) is 25.4. The standard InChI is InChI=1S/C71H129N2O7P/c1-7-10-13-16-19-22-25-28-30-32-33-34-35-36-37-38-39-40-41-42-44-46-49-52-55-58-61-64-71(75)80-69(62-59-56-53-50-47-27-24-21-18-15-12-9-3)68(67-79-81(76,77)78-66-65-73(4,5)6)72-70(74)63-60-57-54-51-48-45-43-31-29-26-23-20-17-14-11-8-2/h11,14,19-20,22-23,28-31,45,48,59,62,68-69H,7-10,12-13,15-18,21,24-27,32-44,46-47,49-58,60-61,63-67H2,1-6H3,(H-,72,74,76,77)/b14-11+,22-19-,23-20+,30-28-,31-29+,48-45+,62-59-. The molecule has 1 amide bonds. The van der Waals surface area contributed by atoms with Crippen LogP contribution in [0.5, 0.6) is 0 Å². The number of nitrogens with zero attached hydrogens (tertiary/aromatic N) is 1. The van der Waals surface area contributed by atoms with E-state index in [2.05, 4.69) is 99.0 Å². The van der Waals surface area contributed by atoms with E-state index in [0.717, 1.165) is 89.9 Å². The second kappa shape index (κ2) is 60.3. The molecule has 81 heavy (non-hydrogen) atoms. The molecule has 0 spiro atoms. The first-order chi connectivity index (χ1) is 39.4. The van der Waals surface area contributed by atoms with E-state index >= 15 is 0 Å². The smallest absolute Gasteiger partial charge is 0.306 e. The second-order valence-electron chi connectivity index (χ2n) is 23.9. The van der Waals surface area contributed by atoms with E-state index in [1.807, 2.05) is 33.3 Å². The molecule has 10 heteroatoms. The van der Waals surface area contributed by atoms with Gasteiger partial charge in [0.25, 0.3) is 7.82 Å². The Balaban J connectivity index is 5.06. The fraction of sp³-hybridized carbons (Fsp3) is 0.775. The third-order valence-corrected chi connectivity index (χ3v) is 15.8. The van der Waals surface area contributed by atoms with Gasteiger partial charge in [-0.05, 0) is 102 Å². The third kappa shape index (κ3) is 61.6. The summed E-state index contributed by atoms with van der Waals surface area (Å²) >= 11 is 0. The first-order valence-corrected chi connectivity index (χ1v) is 35.4. The topological polar surface area (TPSA) is 114 Å². The molecular weight excluding hydrogens is 1020 g/mol. The lowest BCUT2D eigenvalue weighted by atomic mass is 10.0. The summed E-state index contributed by atoms with van der Waals surface area (Å²) in [6.45, 7) is 6.70. The average Bonchev–Trinajstić information content (AvgIpc) is 3.44. The summed E-state index contributed by atoms with van der Waals surface area (Å²) in [7, 11) is 1.16. The van der Waals surface area contributed by atoms with Crippen LogP contribution in [0, 0.1) is 0 Å². The van der Waals surface area contributed by atoms with Gasteiger partial charge in [0.2, 0.25) is 5.91 Å². The minimum absolute atomic E-state index is 0.0308. The zero-order chi connectivity index (χ0) is 59.3. The maximum Gasteiger partial charge on any atom is 0.306 e. The van der Waals surface area contributed by atoms with E-state index in [-0.39, 0.29) is 31.3 Å². The van der Waals surface area contributed by atoms with Crippen molar-refractivity contribution in [3.63, 3.8) is 0 Å². The number of nitrogens with one attached hydrogen (secondary N) is 1. The summed E-state index contributed by atoms with van der Waals surface area (Å²) in [5, 5.41) is 3.02. The molecule has 0 aliphatic rings. The Morgan fingerprint density at radius 1 is 0.444 bits per heavy atom. The van der Waals surface area contributed by atoms with Gasteiger partial charge in [-0.1, -0.05) is 273 Å². The van der Waals surface area contributed by atoms with Gasteiger partial charge in [-0.15, -0.1) is 0 Å². The van der Waals surface area contributed by atoms with Crippen molar-refractivity contribution >= 4 is 19.7 Å². The van der Waals surface area contributed by atoms with Gasteiger partial charge in [0.1, 0.15) is 19.3 Å². The van der Waals surface area contributed by atoms with Crippen molar-refractivity contribution in [2.45, 2.75) is 315 Å². The van der Waals surface area contributed by atoms with Crippen LogP contribution in [-0.2, 0) is 27.9 Å². The number of carbonyl (C=O) groups is 2. The van der Waals surface area contributed by atoms with Crippen LogP contribution in [0.25, 0.3) is 0 Å². The summed E-state index contributed by atoms with van der Waals surface area (Å²) in [5.41, 5.74) is 0. The summed E-state index contributed by atoms with van der Waals surface area (Å²) in [5.74, 6) is -0.572. The quantitative estimate of drug-likeness (QED) is 0.0212. The molecule has 0 aliphatic heterocycles. The highest BCUT2D eigenvalue weighted by atomic mass is 31.2. The van der Waals surface area contributed by atoms with E-state index < -0.39 is 26.6 Å². The predicted molar refractivity (Wildman–Crippen MR) is 348 cm³/mol. The largest absolute Gasteiger partial charge is 0.756 e. The predicted octanol–water partition coefficient (Wildman–Crippen LogP) is 20.7. The van der Waals surface area contributed by atoms with Gasteiger partial charge in [0.05, 0.1) is 33.8 Å². The van der Waals surface area contributed by atoms with E-state index in [1.54, 1.807) is 0 Å². The Labute approximate surface area is 501 Å². The van der Waals surface area contributed by atoms with Crippen molar-refractivity contribution in [3.05, 3.63) is 85.1 Å². The van der Waals surface area contributed by atoms with Crippen LogP contribution >= 0.6 is 7.82 Å². The van der Waals surface area contributed by atoms with Crippen LogP contribution in [0.1, 0.15) is 303 Å². The number of ether oxygens (including phenoxy) is 1. The number of phosphoric acid groups is 1. The van der Waals surface area contributed by atoms with E-state index in [9.17, 15) is 19.0 Å². The lowest BCUT2D eigenvalue weighted by Gasteiger charge is -2.30. The molecule has 0 fully saturated rings. The van der Waals surface area contributed by atoms with Gasteiger partial charge in [-0.25, -0.2) is 0 Å². The summed E-state index contributed by atoms with van der Waals surface area (Å²) < 4.78 is 30.4. The molecule has 0 radical (unpaired) electrons. The molecule has 0 rings (SSSR count). The third-order valence-electron chi connectivity index (χ3n) is 14.8. The maximum absolute atomic E-state index is 13.5. The van der Waals surface area contributed by atoms with Crippen molar-refractivity contribution < 1.29 is 37.3 Å². The molecule has 470 valence electrons. The van der Waals surface area contributed by atoms with Crippen molar-refractivity contribution in [3.8, 4) is 0 Å². The average molecular weight is 1150 g/mol. The molecule has 0 saturated heterocycles. The summed E-state index contributed by atoms with van der Waals surface area (Å²) in [6, 6.07) is -0.908. The number of hydrogen-bond donors (Lipinski definition) is 1. The van der Waals surface area contributed by atoms with Gasteiger partial charge in [0, 0.05) is 12.8 Å². The number of rotatable bonds is 61. The van der Waals surface area contributed by atoms with Crippen LogP contribution < -0.4 is 10.2 Å². The van der Waals surface area contributed by atoms with Crippen molar-refractivity contribution in [2.24, 2.45) is 0 Å². The van der Waals surface area contributed by atoms with Crippen molar-refractivity contribution in [2.75, 3.05) is 40.9 Å². The molecule has 0 heterocycles. The fourth-order valence-corrected chi connectivity index (χ4v) is 10.3. The number of unbranched alkanes of at least 4 members (excludes halogenated alkanes) is 33. The molecule has 3 atom stereocenters. The molecule has 0 aromatic heterocycles. The molecule has 0 aromatic carbocycles. The SMILES string of the molecule is CC/C=C/C/C=C/C/C=C/C/C=C/CCCCCC(=O)NC(COP(=O)([O-])OCC[N+](C)(C)C)C(/C=C\CCCCCCCCCCCC)OC(=O)CCCCCCCCCCCCCCCCCCC/C=C\C/C=C\CCCCC. The van der Waals surface area contributed by atoms with Gasteiger partial charge in [-0.3, -0.25) is 14.2 Å². The number of esters is 1. The minimum Gasteiger partial charge on any atom is -0.756 e. The normalized spacial score (nSPS) is 14.1. The Bertz CT molecular complexity index is 1660. The van der Waals surface area contributed by atoms with Gasteiger partial charge < -0.3 is 28.5 Å². The summed E-state index contributed by atoms with van der Waals surface area (Å²) in [6.07, 6.45) is 80.0. The van der Waals surface area contributed by atoms with E-state index in [1.165, 1.54) is 173 Å². The monoisotopic (exact) mass is 1150 g/mol. The van der Waals surface area contributed by atoms with Crippen LogP contribution in [-0.4, -0.2) is 69.4 Å². The Morgan fingerprint density at radius 2 is 0.790 bits per heavy atom. The molecule has 3 unspecified atom stereocenters. The molecule has 1 N–H and O–H groups in total. The molecule has 9 nitrogen and oxygen atoms in total. The van der Waals surface area contributed by atoms with Crippen LogP contribution in [0.2, 0.25) is 0 Å².